The average Bonchev–Trinajstić information content (AvgIpc) is 3.10. The Labute approximate surface area is 299 Å². The number of likely N-dealkylation sites (N-methyl/N-ethyl adjacent to an activating group) is 1. The molecule has 12 heteroatoms. The van der Waals surface area contributed by atoms with Crippen molar-refractivity contribution in [3.63, 3.8) is 0 Å². The van der Waals surface area contributed by atoms with Gasteiger partial charge in [0.15, 0.2) is 0 Å². The quantitative estimate of drug-likeness (QED) is 0.163. The molecule has 2 aliphatic rings. The van der Waals surface area contributed by atoms with Crippen LogP contribution in [-0.2, 0) is 11.0 Å². The van der Waals surface area contributed by atoms with Crippen molar-refractivity contribution in [3.05, 3.63) is 70.6 Å². The lowest BCUT2D eigenvalue weighted by Crippen LogP contribution is -2.52. The highest BCUT2D eigenvalue weighted by molar-refractivity contribution is 9.10. The summed E-state index contributed by atoms with van der Waals surface area (Å²) < 4.78 is 20.1. The van der Waals surface area contributed by atoms with Crippen LogP contribution in [0.5, 0.6) is 5.75 Å². The first-order valence-electron chi connectivity index (χ1n) is 17.1. The smallest absolute Gasteiger partial charge is 0.229 e. The van der Waals surface area contributed by atoms with E-state index in [0.29, 0.717) is 22.3 Å². The number of pyridine rings is 1. The summed E-state index contributed by atoms with van der Waals surface area (Å²) in [6, 6.07) is 15.0. The molecule has 49 heavy (non-hydrogen) atoms. The van der Waals surface area contributed by atoms with Gasteiger partial charge < -0.3 is 29.7 Å². The SMILES string of the molecule is CCc1cc(Nc2ncc(Br)c(Nc3ccc(-c4ccc(C)nc4)cc3P(C)(C)=O)n2)c(OC)cc1N1CCC(N2CCN(C)CC2)CC1. The lowest BCUT2D eigenvalue weighted by atomic mass is 9.99. The summed E-state index contributed by atoms with van der Waals surface area (Å²) in [7, 11) is 1.26. The summed E-state index contributed by atoms with van der Waals surface area (Å²) in [5.41, 5.74) is 6.93. The number of aryl methyl sites for hydroxylation is 2. The van der Waals surface area contributed by atoms with Gasteiger partial charge in [0.2, 0.25) is 5.95 Å². The number of anilines is 5. The zero-order valence-electron chi connectivity index (χ0n) is 29.5. The number of piperazine rings is 1. The van der Waals surface area contributed by atoms with Crippen molar-refractivity contribution in [1.82, 2.24) is 24.8 Å². The number of nitrogens with zero attached hydrogens (tertiary/aromatic N) is 6. The number of halogens is 1. The molecule has 2 fully saturated rings. The van der Waals surface area contributed by atoms with Crippen LogP contribution in [0.1, 0.15) is 31.0 Å². The molecule has 4 heterocycles. The Bertz CT molecular complexity index is 1820. The molecule has 0 atom stereocenters. The van der Waals surface area contributed by atoms with E-state index in [1.165, 1.54) is 37.2 Å². The molecule has 0 amide bonds. The third kappa shape index (κ3) is 8.28. The second-order valence-corrected chi connectivity index (χ2v) is 17.5. The maximum atomic E-state index is 13.5. The number of aromatic nitrogens is 3. The molecule has 2 N–H and O–H groups in total. The Morgan fingerprint density at radius 2 is 1.65 bits per heavy atom. The summed E-state index contributed by atoms with van der Waals surface area (Å²) >= 11 is 3.62. The molecule has 10 nitrogen and oxygen atoms in total. The maximum Gasteiger partial charge on any atom is 0.229 e. The molecule has 0 spiro atoms. The number of ether oxygens (including phenoxy) is 1. The van der Waals surface area contributed by atoms with Gasteiger partial charge in [0, 0.05) is 86.0 Å². The second kappa shape index (κ2) is 15.2. The molecule has 6 rings (SSSR count). The van der Waals surface area contributed by atoms with Gasteiger partial charge in [0.25, 0.3) is 0 Å². The van der Waals surface area contributed by atoms with Crippen LogP contribution in [0.25, 0.3) is 11.1 Å². The number of rotatable bonds is 10. The second-order valence-electron chi connectivity index (χ2n) is 13.5. The number of piperidine rings is 1. The molecule has 0 radical (unpaired) electrons. The molecule has 0 saturated carbocycles. The Hall–Kier alpha value is -3.50. The Morgan fingerprint density at radius 3 is 2.31 bits per heavy atom. The highest BCUT2D eigenvalue weighted by atomic mass is 79.9. The number of methoxy groups -OCH3 is 1. The van der Waals surface area contributed by atoms with E-state index in [2.05, 4.69) is 77.3 Å². The predicted octanol–water partition coefficient (Wildman–Crippen LogP) is 7.13. The fraction of sp³-hybridized carbons (Fsp3) is 0.432. The minimum atomic E-state index is -2.66. The highest BCUT2D eigenvalue weighted by Crippen LogP contribution is 2.41. The zero-order valence-corrected chi connectivity index (χ0v) is 31.9. The van der Waals surface area contributed by atoms with E-state index in [9.17, 15) is 4.57 Å². The van der Waals surface area contributed by atoms with E-state index < -0.39 is 7.14 Å². The first-order chi connectivity index (χ1) is 23.5. The Balaban J connectivity index is 1.21. The Kier molecular flexibility index (Phi) is 10.9. The molecule has 2 aromatic heterocycles. The molecule has 0 aliphatic carbocycles. The zero-order chi connectivity index (χ0) is 34.7. The van der Waals surface area contributed by atoms with E-state index in [4.69, 9.17) is 9.72 Å². The third-order valence-corrected chi connectivity index (χ3v) is 11.8. The van der Waals surface area contributed by atoms with Gasteiger partial charge in [-0.25, -0.2) is 4.98 Å². The van der Waals surface area contributed by atoms with Crippen molar-refractivity contribution in [1.29, 1.82) is 0 Å². The van der Waals surface area contributed by atoms with Gasteiger partial charge in [-0.15, -0.1) is 0 Å². The topological polar surface area (TPSA) is 98.7 Å². The number of nitrogens with one attached hydrogen (secondary N) is 2. The van der Waals surface area contributed by atoms with Gasteiger partial charge >= 0.3 is 0 Å². The largest absolute Gasteiger partial charge is 0.494 e. The van der Waals surface area contributed by atoms with Crippen molar-refractivity contribution >= 4 is 57.2 Å². The van der Waals surface area contributed by atoms with Crippen LogP contribution in [0.3, 0.4) is 0 Å². The molecule has 2 saturated heterocycles. The summed E-state index contributed by atoms with van der Waals surface area (Å²) in [4.78, 5) is 21.5. The minimum absolute atomic E-state index is 0.423. The van der Waals surface area contributed by atoms with Gasteiger partial charge in [-0.3, -0.25) is 9.88 Å². The van der Waals surface area contributed by atoms with Crippen molar-refractivity contribution in [2.45, 2.75) is 39.2 Å². The van der Waals surface area contributed by atoms with E-state index >= 15 is 0 Å². The van der Waals surface area contributed by atoms with Crippen LogP contribution < -0.4 is 25.6 Å². The summed E-state index contributed by atoms with van der Waals surface area (Å²) in [6.45, 7) is 14.5. The summed E-state index contributed by atoms with van der Waals surface area (Å²) in [5.74, 6) is 1.73. The number of hydrogen-bond acceptors (Lipinski definition) is 10. The van der Waals surface area contributed by atoms with Gasteiger partial charge in [0.1, 0.15) is 18.7 Å². The third-order valence-electron chi connectivity index (χ3n) is 9.71. The maximum absolute atomic E-state index is 13.5. The summed E-state index contributed by atoms with van der Waals surface area (Å²) in [6.07, 6.45) is 6.81. The van der Waals surface area contributed by atoms with Crippen molar-refractivity contribution in [2.24, 2.45) is 0 Å². The molecule has 4 aromatic rings. The normalized spacial score (nSPS) is 16.5. The van der Waals surface area contributed by atoms with Crippen molar-refractivity contribution in [2.75, 3.05) is 82.3 Å². The van der Waals surface area contributed by atoms with Crippen LogP contribution >= 0.6 is 23.1 Å². The first kappa shape index (κ1) is 35.3. The number of hydrogen-bond donors (Lipinski definition) is 2. The molecule has 2 aromatic carbocycles. The fourth-order valence-electron chi connectivity index (χ4n) is 6.78. The number of benzene rings is 2. The van der Waals surface area contributed by atoms with Gasteiger partial charge in [-0.05, 0) is 97.9 Å². The molecule has 2 aliphatic heterocycles. The van der Waals surface area contributed by atoms with Gasteiger partial charge in [-0.2, -0.15) is 4.98 Å². The van der Waals surface area contributed by atoms with Crippen LogP contribution in [-0.4, -0.2) is 97.5 Å². The molecular weight excluding hydrogens is 699 g/mol. The van der Waals surface area contributed by atoms with E-state index in [-0.39, 0.29) is 0 Å². The molecule has 0 unspecified atom stereocenters. The van der Waals surface area contributed by atoms with Crippen molar-refractivity contribution < 1.29 is 9.30 Å². The molecule has 260 valence electrons. The Morgan fingerprint density at radius 1 is 0.918 bits per heavy atom. The van der Waals surface area contributed by atoms with Crippen molar-refractivity contribution in [3.8, 4) is 16.9 Å². The predicted molar refractivity (Wildman–Crippen MR) is 206 cm³/mol. The van der Waals surface area contributed by atoms with Crippen LogP contribution in [0.15, 0.2) is 59.3 Å². The van der Waals surface area contributed by atoms with Crippen LogP contribution in [0.4, 0.5) is 28.8 Å². The fourth-order valence-corrected chi connectivity index (χ4v) is 8.23. The molecular formula is C37H48BrN8O2P. The average molecular weight is 748 g/mol. The van der Waals surface area contributed by atoms with Crippen LogP contribution in [0.2, 0.25) is 0 Å². The van der Waals surface area contributed by atoms with Gasteiger partial charge in [-0.1, -0.05) is 19.1 Å². The molecule has 0 bridgehead atoms. The van der Waals surface area contributed by atoms with Gasteiger partial charge in [0.05, 0.1) is 23.0 Å². The van der Waals surface area contributed by atoms with E-state index in [1.54, 1.807) is 26.6 Å². The van der Waals surface area contributed by atoms with Crippen LogP contribution in [0, 0.1) is 6.92 Å². The lowest BCUT2D eigenvalue weighted by Gasteiger charge is -2.43. The summed E-state index contributed by atoms with van der Waals surface area (Å²) in [5, 5.41) is 7.58. The standard InChI is InChI=1S/C37H48BrN8O2P/c1-7-26-20-32(34(48-4)22-33(26)46-14-12-29(13-15-46)45-18-16-44(3)17-19-45)42-37-40-24-30(38)36(43-37)41-31-11-10-27(21-35(31)49(5,6)47)28-9-8-25(2)39-23-28/h8-11,20-24,29H,7,12-19H2,1-6H3,(H2,40,41,42,43). The minimum Gasteiger partial charge on any atom is -0.494 e. The lowest BCUT2D eigenvalue weighted by molar-refractivity contribution is 0.0982. The van der Waals surface area contributed by atoms with E-state index in [1.807, 2.05) is 43.5 Å². The first-order valence-corrected chi connectivity index (χ1v) is 20.5. The van der Waals surface area contributed by atoms with E-state index in [0.717, 1.165) is 71.8 Å². The monoisotopic (exact) mass is 746 g/mol. The highest BCUT2D eigenvalue weighted by Gasteiger charge is 2.28.